The summed E-state index contributed by atoms with van der Waals surface area (Å²) in [4.78, 5) is 30.2. The third kappa shape index (κ3) is 5.90. The predicted molar refractivity (Wildman–Crippen MR) is 175 cm³/mol. The van der Waals surface area contributed by atoms with E-state index in [1.54, 1.807) is 0 Å². The largest absolute Gasteiger partial charge is 0.378 e. The highest BCUT2D eigenvalue weighted by atomic mass is 16.6. The zero-order valence-electron chi connectivity index (χ0n) is 26.1. The first-order valence-corrected chi connectivity index (χ1v) is 16.2. The maximum absolute atomic E-state index is 14.2. The lowest BCUT2D eigenvalue weighted by atomic mass is 9.77. The highest BCUT2D eigenvalue weighted by Crippen LogP contribution is 2.45. The number of carbonyl (C=O) groups excluding carboxylic acids is 1. The Morgan fingerprint density at radius 2 is 1.57 bits per heavy atom. The monoisotopic (exact) mass is 625 g/mol. The first-order chi connectivity index (χ1) is 22.5. The predicted octanol–water partition coefficient (Wildman–Crippen LogP) is 4.92. The molecule has 0 bridgehead atoms. The van der Waals surface area contributed by atoms with Crippen molar-refractivity contribution in [2.75, 3.05) is 62.4 Å². The lowest BCUT2D eigenvalue weighted by molar-refractivity contribution is -0.385. The maximum atomic E-state index is 14.2. The van der Waals surface area contributed by atoms with Gasteiger partial charge in [-0.3, -0.25) is 19.6 Å². The number of hydrazone groups is 1. The van der Waals surface area contributed by atoms with Gasteiger partial charge >= 0.3 is 11.6 Å². The Kier molecular flexibility index (Phi) is 8.55. The Bertz CT molecular complexity index is 1640. The van der Waals surface area contributed by atoms with Gasteiger partial charge in [-0.05, 0) is 73.2 Å². The standard InChI is InChI=1S/C34H39N7O5/c1-2-39-23-30(41(43)44)32(35-39)34(42)40-33(25-8-12-28(13-9-25)38-16-20-46-21-17-38)29-5-3-4-26(31(29)36-40)22-24-6-10-27(11-7-24)37-14-18-45-19-15-37/h6-13,22-23,29,33H,2-5,14-21H2,1H3/b26-22+/t29-,33-/m1/s1. The van der Waals surface area contributed by atoms with Crippen LogP contribution in [0.15, 0.2) is 65.4 Å². The molecule has 3 aliphatic heterocycles. The van der Waals surface area contributed by atoms with Crippen LogP contribution < -0.4 is 9.80 Å². The molecule has 1 saturated carbocycles. The van der Waals surface area contributed by atoms with E-state index in [1.165, 1.54) is 21.6 Å². The number of hydrogen-bond donors (Lipinski definition) is 0. The molecule has 0 radical (unpaired) electrons. The average molecular weight is 626 g/mol. The van der Waals surface area contributed by atoms with Gasteiger partial charge in [0.15, 0.2) is 0 Å². The smallest absolute Gasteiger partial charge is 0.320 e. The number of morpholine rings is 2. The van der Waals surface area contributed by atoms with Gasteiger partial charge in [-0.15, -0.1) is 0 Å². The summed E-state index contributed by atoms with van der Waals surface area (Å²) in [5, 5.41) is 22.7. The van der Waals surface area contributed by atoms with Crippen LogP contribution in [-0.4, -0.2) is 83.9 Å². The molecule has 4 heterocycles. The van der Waals surface area contributed by atoms with Gasteiger partial charge in [0.05, 0.1) is 43.1 Å². The van der Waals surface area contributed by atoms with Gasteiger partial charge in [0.2, 0.25) is 5.69 Å². The van der Waals surface area contributed by atoms with Crippen molar-refractivity contribution >= 4 is 34.8 Å². The minimum Gasteiger partial charge on any atom is -0.378 e. The first kappa shape index (κ1) is 30.1. The molecule has 46 heavy (non-hydrogen) atoms. The maximum Gasteiger partial charge on any atom is 0.320 e. The number of benzene rings is 2. The van der Waals surface area contributed by atoms with Crippen LogP contribution in [0, 0.1) is 16.0 Å². The summed E-state index contributed by atoms with van der Waals surface area (Å²) in [6.07, 6.45) is 6.15. The molecule has 4 aliphatic rings. The SMILES string of the molecule is CCn1cc([N+](=O)[O-])c(C(=O)N2N=C3/C(=C/c4ccc(N5CCOCC5)cc4)CCC[C@H]3[C@H]2c2ccc(N3CCOCC3)cc2)n1. The molecule has 1 aliphatic carbocycles. The summed E-state index contributed by atoms with van der Waals surface area (Å²) in [6.45, 7) is 8.53. The number of fused-ring (bicyclic) bond motifs is 1. The fourth-order valence-electron chi connectivity index (χ4n) is 6.98. The minimum atomic E-state index is -0.558. The fourth-order valence-corrected chi connectivity index (χ4v) is 6.98. The number of allylic oxidation sites excluding steroid dienone is 1. The van der Waals surface area contributed by atoms with Crippen molar-refractivity contribution in [2.24, 2.45) is 11.0 Å². The highest BCUT2D eigenvalue weighted by molar-refractivity contribution is 6.09. The Balaban J connectivity index is 1.23. The fraction of sp³-hybridized carbons (Fsp3) is 0.441. The van der Waals surface area contributed by atoms with Crippen LogP contribution in [0.25, 0.3) is 6.08 Å². The van der Waals surface area contributed by atoms with Gasteiger partial charge < -0.3 is 19.3 Å². The first-order valence-electron chi connectivity index (χ1n) is 16.2. The minimum absolute atomic E-state index is 0.0434. The Morgan fingerprint density at radius 3 is 2.15 bits per heavy atom. The molecule has 2 atom stereocenters. The molecule has 3 fully saturated rings. The summed E-state index contributed by atoms with van der Waals surface area (Å²) < 4.78 is 12.5. The molecule has 2 aromatic carbocycles. The van der Waals surface area contributed by atoms with Crippen molar-refractivity contribution in [3.8, 4) is 0 Å². The van der Waals surface area contributed by atoms with E-state index in [0.29, 0.717) is 19.8 Å². The molecule has 2 saturated heterocycles. The molecule has 7 rings (SSSR count). The van der Waals surface area contributed by atoms with E-state index < -0.39 is 16.9 Å². The lowest BCUT2D eigenvalue weighted by Crippen LogP contribution is -2.36. The number of anilines is 2. The Morgan fingerprint density at radius 1 is 0.957 bits per heavy atom. The van der Waals surface area contributed by atoms with E-state index in [2.05, 4.69) is 69.5 Å². The molecule has 12 heteroatoms. The van der Waals surface area contributed by atoms with Crippen molar-refractivity contribution in [3.63, 3.8) is 0 Å². The quantitative estimate of drug-likeness (QED) is 0.268. The van der Waals surface area contributed by atoms with Gasteiger partial charge in [-0.1, -0.05) is 24.3 Å². The molecular weight excluding hydrogens is 586 g/mol. The second kappa shape index (κ2) is 13.1. The molecule has 1 aromatic heterocycles. The zero-order valence-corrected chi connectivity index (χ0v) is 26.1. The van der Waals surface area contributed by atoms with Crippen LogP contribution in [0.3, 0.4) is 0 Å². The van der Waals surface area contributed by atoms with Crippen LogP contribution in [0.1, 0.15) is 53.8 Å². The summed E-state index contributed by atoms with van der Waals surface area (Å²) in [6, 6.07) is 16.4. The van der Waals surface area contributed by atoms with E-state index in [0.717, 1.165) is 86.8 Å². The highest BCUT2D eigenvalue weighted by Gasteiger charge is 2.46. The van der Waals surface area contributed by atoms with Gasteiger partial charge in [0.1, 0.15) is 6.20 Å². The van der Waals surface area contributed by atoms with Crippen LogP contribution >= 0.6 is 0 Å². The number of aryl methyl sites for hydroxylation is 1. The average Bonchev–Trinajstić information content (AvgIpc) is 3.73. The van der Waals surface area contributed by atoms with E-state index in [1.807, 2.05) is 6.92 Å². The van der Waals surface area contributed by atoms with Crippen LogP contribution in [0.4, 0.5) is 17.1 Å². The van der Waals surface area contributed by atoms with E-state index >= 15 is 0 Å². The van der Waals surface area contributed by atoms with Crippen molar-refractivity contribution in [3.05, 3.63) is 87.2 Å². The molecular formula is C34H39N7O5. The lowest BCUT2D eigenvalue weighted by Gasteiger charge is -2.31. The normalized spacial score (nSPS) is 22.6. The van der Waals surface area contributed by atoms with E-state index in [9.17, 15) is 14.9 Å². The molecule has 0 spiro atoms. The number of ether oxygens (including phenoxy) is 2. The summed E-state index contributed by atoms with van der Waals surface area (Å²) >= 11 is 0. The van der Waals surface area contributed by atoms with Crippen molar-refractivity contribution < 1.29 is 19.2 Å². The summed E-state index contributed by atoms with van der Waals surface area (Å²) in [5.41, 5.74) is 5.77. The molecule has 1 amide bonds. The Hall–Kier alpha value is -4.55. The van der Waals surface area contributed by atoms with Crippen molar-refractivity contribution in [1.29, 1.82) is 0 Å². The zero-order chi connectivity index (χ0) is 31.6. The second-order valence-electron chi connectivity index (χ2n) is 12.1. The van der Waals surface area contributed by atoms with E-state index in [-0.39, 0.29) is 17.3 Å². The topological polar surface area (TPSA) is 119 Å². The Labute approximate surface area is 268 Å². The molecule has 12 nitrogen and oxygen atoms in total. The van der Waals surface area contributed by atoms with Crippen LogP contribution in [-0.2, 0) is 16.0 Å². The second-order valence-corrected chi connectivity index (χ2v) is 12.1. The number of carbonyl (C=O) groups is 1. The molecule has 0 unspecified atom stereocenters. The number of aromatic nitrogens is 2. The molecule has 3 aromatic rings. The van der Waals surface area contributed by atoms with Gasteiger partial charge in [-0.25, -0.2) is 5.01 Å². The summed E-state index contributed by atoms with van der Waals surface area (Å²) in [7, 11) is 0. The van der Waals surface area contributed by atoms with E-state index in [4.69, 9.17) is 14.6 Å². The van der Waals surface area contributed by atoms with Crippen molar-refractivity contribution in [1.82, 2.24) is 14.8 Å². The van der Waals surface area contributed by atoms with Crippen LogP contribution in [0.2, 0.25) is 0 Å². The van der Waals surface area contributed by atoms with Crippen molar-refractivity contribution in [2.45, 2.75) is 38.8 Å². The van der Waals surface area contributed by atoms with Crippen LogP contribution in [0.5, 0.6) is 0 Å². The summed E-state index contributed by atoms with van der Waals surface area (Å²) in [5.74, 6) is -0.601. The number of nitro groups is 1. The van der Waals surface area contributed by atoms with Gasteiger partial charge in [0.25, 0.3) is 0 Å². The third-order valence-electron chi connectivity index (χ3n) is 9.40. The third-order valence-corrected chi connectivity index (χ3v) is 9.40. The number of hydrogen-bond acceptors (Lipinski definition) is 9. The number of rotatable bonds is 7. The number of amides is 1. The number of nitrogens with zero attached hydrogens (tertiary/aromatic N) is 7. The molecule has 240 valence electrons. The van der Waals surface area contributed by atoms with Gasteiger partial charge in [-0.2, -0.15) is 10.2 Å². The van der Waals surface area contributed by atoms with Gasteiger partial charge in [0, 0.05) is 50.0 Å². The molecule has 0 N–H and O–H groups in total.